The number of ether oxygens (including phenoxy) is 1. The zero-order valence-electron chi connectivity index (χ0n) is 10.8. The smallest absolute Gasteiger partial charge is 0.262 e. The van der Waals surface area contributed by atoms with Crippen molar-refractivity contribution in [2.24, 2.45) is 0 Å². The SMILES string of the molecule is O=Cc1cc(OCC(=O)Nc2ccccc2Cl)ccc1Br. The van der Waals surface area contributed by atoms with Crippen LogP contribution < -0.4 is 10.1 Å². The number of rotatable bonds is 5. The minimum absolute atomic E-state index is 0.175. The molecule has 21 heavy (non-hydrogen) atoms. The van der Waals surface area contributed by atoms with Gasteiger partial charge in [-0.2, -0.15) is 0 Å². The van der Waals surface area contributed by atoms with Crippen molar-refractivity contribution < 1.29 is 14.3 Å². The lowest BCUT2D eigenvalue weighted by Gasteiger charge is -2.09. The van der Waals surface area contributed by atoms with Crippen molar-refractivity contribution in [1.82, 2.24) is 0 Å². The molecule has 2 aromatic carbocycles. The molecule has 2 rings (SSSR count). The van der Waals surface area contributed by atoms with Crippen molar-refractivity contribution >= 4 is 45.4 Å². The van der Waals surface area contributed by atoms with E-state index in [1.807, 2.05) is 0 Å². The lowest BCUT2D eigenvalue weighted by Crippen LogP contribution is -2.20. The highest BCUT2D eigenvalue weighted by Crippen LogP contribution is 2.22. The van der Waals surface area contributed by atoms with Crippen molar-refractivity contribution in [1.29, 1.82) is 0 Å². The monoisotopic (exact) mass is 367 g/mol. The Kier molecular flexibility index (Phi) is 5.36. The number of nitrogens with one attached hydrogen (secondary N) is 1. The van der Waals surface area contributed by atoms with E-state index in [1.54, 1.807) is 42.5 Å². The summed E-state index contributed by atoms with van der Waals surface area (Å²) in [5, 5.41) is 3.10. The highest BCUT2D eigenvalue weighted by molar-refractivity contribution is 9.10. The molecule has 2 aromatic rings. The number of hydrogen-bond acceptors (Lipinski definition) is 3. The minimum atomic E-state index is -0.335. The van der Waals surface area contributed by atoms with E-state index < -0.39 is 0 Å². The summed E-state index contributed by atoms with van der Waals surface area (Å²) in [5.41, 5.74) is 0.983. The zero-order chi connectivity index (χ0) is 15.2. The van der Waals surface area contributed by atoms with Crippen LogP contribution in [0.25, 0.3) is 0 Å². The molecular formula is C15H11BrClNO3. The molecule has 0 aromatic heterocycles. The number of aldehydes is 1. The van der Waals surface area contributed by atoms with Gasteiger partial charge >= 0.3 is 0 Å². The van der Waals surface area contributed by atoms with Crippen molar-refractivity contribution in [2.45, 2.75) is 0 Å². The molecule has 4 nitrogen and oxygen atoms in total. The molecular weight excluding hydrogens is 358 g/mol. The van der Waals surface area contributed by atoms with Gasteiger partial charge in [0.05, 0.1) is 10.7 Å². The maximum Gasteiger partial charge on any atom is 0.262 e. The summed E-state index contributed by atoms with van der Waals surface area (Å²) in [6, 6.07) is 11.8. The van der Waals surface area contributed by atoms with E-state index in [0.717, 1.165) is 0 Å². The van der Waals surface area contributed by atoms with Crippen LogP contribution in [0.3, 0.4) is 0 Å². The van der Waals surface area contributed by atoms with E-state index in [4.69, 9.17) is 16.3 Å². The van der Waals surface area contributed by atoms with E-state index in [-0.39, 0.29) is 12.5 Å². The summed E-state index contributed by atoms with van der Waals surface area (Å²) >= 11 is 9.18. The fourth-order valence-corrected chi connectivity index (χ4v) is 2.12. The first-order valence-corrected chi connectivity index (χ1v) is 7.19. The Balaban J connectivity index is 1.95. The molecule has 0 saturated heterocycles. The average molecular weight is 369 g/mol. The van der Waals surface area contributed by atoms with Gasteiger partial charge in [0.2, 0.25) is 0 Å². The first-order valence-electron chi connectivity index (χ1n) is 6.02. The summed E-state index contributed by atoms with van der Waals surface area (Å²) in [7, 11) is 0. The summed E-state index contributed by atoms with van der Waals surface area (Å²) in [6.45, 7) is -0.175. The molecule has 1 amide bonds. The Morgan fingerprint density at radius 1 is 1.29 bits per heavy atom. The van der Waals surface area contributed by atoms with Gasteiger partial charge in [0.15, 0.2) is 12.9 Å². The second-order valence-electron chi connectivity index (χ2n) is 4.12. The number of para-hydroxylation sites is 1. The van der Waals surface area contributed by atoms with E-state index in [2.05, 4.69) is 21.2 Å². The second-order valence-corrected chi connectivity index (χ2v) is 5.38. The molecule has 0 spiro atoms. The van der Waals surface area contributed by atoms with Gasteiger partial charge in [-0.3, -0.25) is 9.59 Å². The van der Waals surface area contributed by atoms with Crippen LogP contribution in [0.4, 0.5) is 5.69 Å². The molecule has 0 aliphatic heterocycles. The molecule has 1 N–H and O–H groups in total. The fourth-order valence-electron chi connectivity index (χ4n) is 1.60. The molecule has 0 atom stereocenters. The summed E-state index contributed by atoms with van der Waals surface area (Å²) in [6.07, 6.45) is 0.709. The molecule has 0 aliphatic carbocycles. The number of benzene rings is 2. The highest BCUT2D eigenvalue weighted by atomic mass is 79.9. The third-order valence-corrected chi connectivity index (χ3v) is 3.66. The van der Waals surface area contributed by atoms with Gasteiger partial charge in [0, 0.05) is 10.0 Å². The third-order valence-electron chi connectivity index (χ3n) is 2.61. The standard InChI is InChI=1S/C15H11BrClNO3/c16-12-6-5-11(7-10(12)8-19)21-9-15(20)18-14-4-2-1-3-13(14)17/h1-8H,9H2,(H,18,20). The molecule has 6 heteroatoms. The van der Waals surface area contributed by atoms with Crippen LogP contribution >= 0.6 is 27.5 Å². The van der Waals surface area contributed by atoms with Gasteiger partial charge < -0.3 is 10.1 Å². The normalized spacial score (nSPS) is 10.0. The zero-order valence-corrected chi connectivity index (χ0v) is 13.1. The van der Waals surface area contributed by atoms with Crippen LogP contribution in [-0.2, 0) is 4.79 Å². The number of carbonyl (C=O) groups is 2. The first-order chi connectivity index (χ1) is 10.1. The molecule has 0 bridgehead atoms. The molecule has 0 radical (unpaired) electrons. The van der Waals surface area contributed by atoms with Crippen LogP contribution in [0, 0.1) is 0 Å². The predicted molar refractivity (Wildman–Crippen MR) is 85.1 cm³/mol. The van der Waals surface area contributed by atoms with Crippen molar-refractivity contribution in [2.75, 3.05) is 11.9 Å². The van der Waals surface area contributed by atoms with E-state index >= 15 is 0 Å². The highest BCUT2D eigenvalue weighted by Gasteiger charge is 2.07. The Morgan fingerprint density at radius 2 is 2.05 bits per heavy atom. The molecule has 108 valence electrons. The van der Waals surface area contributed by atoms with E-state index in [1.165, 1.54) is 0 Å². The van der Waals surface area contributed by atoms with Crippen molar-refractivity contribution in [3.05, 3.63) is 57.5 Å². The maximum absolute atomic E-state index is 11.8. The van der Waals surface area contributed by atoms with E-state index in [9.17, 15) is 9.59 Å². The lowest BCUT2D eigenvalue weighted by atomic mass is 10.2. The number of halogens is 2. The quantitative estimate of drug-likeness (QED) is 0.814. The number of amides is 1. The van der Waals surface area contributed by atoms with Crippen molar-refractivity contribution in [3.63, 3.8) is 0 Å². The Hall–Kier alpha value is -1.85. The average Bonchev–Trinajstić information content (AvgIpc) is 2.49. The molecule has 0 aliphatic rings. The fraction of sp³-hybridized carbons (Fsp3) is 0.0667. The van der Waals surface area contributed by atoms with Gasteiger partial charge in [-0.1, -0.05) is 39.7 Å². The minimum Gasteiger partial charge on any atom is -0.484 e. The molecule has 0 unspecified atom stereocenters. The second kappa shape index (κ2) is 7.24. The Labute approximate surface area is 135 Å². The molecule has 0 fully saturated rings. The summed E-state index contributed by atoms with van der Waals surface area (Å²) in [5.74, 6) is 0.105. The Morgan fingerprint density at radius 3 is 2.76 bits per heavy atom. The topological polar surface area (TPSA) is 55.4 Å². The van der Waals surface area contributed by atoms with Crippen LogP contribution in [0.15, 0.2) is 46.9 Å². The van der Waals surface area contributed by atoms with Gasteiger partial charge in [0.1, 0.15) is 5.75 Å². The maximum atomic E-state index is 11.8. The first kappa shape index (κ1) is 15.5. The number of hydrogen-bond donors (Lipinski definition) is 1. The summed E-state index contributed by atoms with van der Waals surface area (Å²) < 4.78 is 6.01. The van der Waals surface area contributed by atoms with Gasteiger partial charge in [0.25, 0.3) is 5.91 Å². The van der Waals surface area contributed by atoms with Gasteiger partial charge in [-0.15, -0.1) is 0 Å². The van der Waals surface area contributed by atoms with Crippen molar-refractivity contribution in [3.8, 4) is 5.75 Å². The number of anilines is 1. The van der Waals surface area contributed by atoms with Gasteiger partial charge in [-0.05, 0) is 30.3 Å². The third kappa shape index (κ3) is 4.31. The number of carbonyl (C=O) groups excluding carboxylic acids is 2. The van der Waals surface area contributed by atoms with Crippen LogP contribution in [0.1, 0.15) is 10.4 Å². The largest absolute Gasteiger partial charge is 0.484 e. The summed E-state index contributed by atoms with van der Waals surface area (Å²) in [4.78, 5) is 22.6. The van der Waals surface area contributed by atoms with Crippen LogP contribution in [0.5, 0.6) is 5.75 Å². The van der Waals surface area contributed by atoms with Crippen LogP contribution in [-0.4, -0.2) is 18.8 Å². The van der Waals surface area contributed by atoms with Crippen LogP contribution in [0.2, 0.25) is 5.02 Å². The molecule has 0 heterocycles. The molecule has 0 saturated carbocycles. The lowest BCUT2D eigenvalue weighted by molar-refractivity contribution is -0.118. The van der Waals surface area contributed by atoms with E-state index in [0.29, 0.717) is 32.8 Å². The Bertz CT molecular complexity index is 676. The van der Waals surface area contributed by atoms with Gasteiger partial charge in [-0.25, -0.2) is 0 Å². The predicted octanol–water partition coefficient (Wildman–Crippen LogP) is 3.93.